The zero-order valence-corrected chi connectivity index (χ0v) is 12.5. The van der Waals surface area contributed by atoms with Crippen molar-refractivity contribution in [2.24, 2.45) is 0 Å². The molecule has 0 saturated carbocycles. The summed E-state index contributed by atoms with van der Waals surface area (Å²) in [4.78, 5) is -0.0964. The molecule has 0 saturated heterocycles. The smallest absolute Gasteiger partial charge is 0.262 e. The number of nitriles is 1. The molecule has 0 radical (unpaired) electrons. The van der Waals surface area contributed by atoms with Crippen LogP contribution in [0.25, 0.3) is 0 Å². The van der Waals surface area contributed by atoms with Gasteiger partial charge in [0.15, 0.2) is 0 Å². The Morgan fingerprint density at radius 3 is 2.62 bits per heavy atom. The number of hydrogen-bond donors (Lipinski definition) is 1. The van der Waals surface area contributed by atoms with Crippen LogP contribution in [0.3, 0.4) is 0 Å². The maximum absolute atomic E-state index is 13.7. The van der Waals surface area contributed by atoms with Gasteiger partial charge in [-0.1, -0.05) is 23.7 Å². The highest BCUT2D eigenvalue weighted by Crippen LogP contribution is 2.28. The fourth-order valence-corrected chi connectivity index (χ4v) is 3.37. The summed E-state index contributed by atoms with van der Waals surface area (Å²) >= 11 is 5.80. The molecular formula is C14H10ClFN2O2S. The zero-order valence-electron chi connectivity index (χ0n) is 10.9. The number of anilines is 1. The Hall–Kier alpha value is -2.10. The number of halogens is 2. The van der Waals surface area contributed by atoms with E-state index in [1.165, 1.54) is 30.3 Å². The maximum atomic E-state index is 13.7. The molecule has 1 N–H and O–H groups in total. The van der Waals surface area contributed by atoms with Crippen LogP contribution >= 0.6 is 11.6 Å². The minimum absolute atomic E-state index is 0.0485. The molecule has 2 aromatic carbocycles. The number of sulfonamides is 1. The number of para-hydroxylation sites is 1. The predicted octanol–water partition coefficient (Wildman–Crippen LogP) is 3.46. The third-order valence-corrected chi connectivity index (χ3v) is 4.61. The first-order valence-electron chi connectivity index (χ1n) is 5.83. The van der Waals surface area contributed by atoms with Crippen molar-refractivity contribution >= 4 is 27.3 Å². The Balaban J connectivity index is 2.51. The standard InChI is InChI=1S/C14H10ClFN2O2S/c1-9-5-6-10(8-17)7-13(9)21(19,20)18-14-11(15)3-2-4-12(14)16/h2-7,18H,1H3. The highest BCUT2D eigenvalue weighted by atomic mass is 35.5. The van der Waals surface area contributed by atoms with Gasteiger partial charge in [-0.15, -0.1) is 0 Å². The number of nitrogens with zero attached hydrogens (tertiary/aromatic N) is 1. The summed E-state index contributed by atoms with van der Waals surface area (Å²) in [6.45, 7) is 1.58. The lowest BCUT2D eigenvalue weighted by molar-refractivity contribution is 0.598. The van der Waals surface area contributed by atoms with Crippen LogP contribution < -0.4 is 4.72 Å². The SMILES string of the molecule is Cc1ccc(C#N)cc1S(=O)(=O)Nc1c(F)cccc1Cl. The van der Waals surface area contributed by atoms with E-state index in [9.17, 15) is 12.8 Å². The van der Waals surface area contributed by atoms with Gasteiger partial charge in [-0.3, -0.25) is 4.72 Å². The third kappa shape index (κ3) is 3.15. The van der Waals surface area contributed by atoms with Gasteiger partial charge in [0.2, 0.25) is 0 Å². The van der Waals surface area contributed by atoms with Crippen LogP contribution in [0.2, 0.25) is 5.02 Å². The molecule has 2 aromatic rings. The molecule has 0 bridgehead atoms. The van der Waals surface area contributed by atoms with E-state index in [4.69, 9.17) is 16.9 Å². The molecule has 0 aliphatic carbocycles. The largest absolute Gasteiger partial charge is 0.275 e. The Bertz CT molecular complexity index is 824. The van der Waals surface area contributed by atoms with Crippen LogP contribution in [0.15, 0.2) is 41.3 Å². The summed E-state index contributed by atoms with van der Waals surface area (Å²) in [7, 11) is -4.05. The van der Waals surface area contributed by atoms with Gasteiger partial charge in [-0.05, 0) is 36.8 Å². The number of aryl methyl sites for hydroxylation is 1. The zero-order chi connectivity index (χ0) is 15.6. The summed E-state index contributed by atoms with van der Waals surface area (Å²) in [5.74, 6) is -0.778. The average molecular weight is 325 g/mol. The Morgan fingerprint density at radius 2 is 2.00 bits per heavy atom. The summed E-state index contributed by atoms with van der Waals surface area (Å²) in [6, 6.07) is 9.95. The van der Waals surface area contributed by atoms with Crippen LogP contribution in [0, 0.1) is 24.1 Å². The van der Waals surface area contributed by atoms with Crippen molar-refractivity contribution in [2.45, 2.75) is 11.8 Å². The second kappa shape index (κ2) is 5.72. The number of hydrogen-bond acceptors (Lipinski definition) is 3. The molecule has 7 heteroatoms. The second-order valence-corrected chi connectivity index (χ2v) is 6.35. The molecular weight excluding hydrogens is 315 g/mol. The molecule has 2 rings (SSSR count). The highest BCUT2D eigenvalue weighted by Gasteiger charge is 2.20. The first-order valence-corrected chi connectivity index (χ1v) is 7.69. The lowest BCUT2D eigenvalue weighted by Crippen LogP contribution is -2.15. The molecule has 0 amide bonds. The summed E-state index contributed by atoms with van der Waals surface area (Å²) < 4.78 is 40.5. The average Bonchev–Trinajstić information content (AvgIpc) is 2.43. The van der Waals surface area contributed by atoms with Crippen molar-refractivity contribution < 1.29 is 12.8 Å². The van der Waals surface area contributed by atoms with E-state index in [1.54, 1.807) is 6.92 Å². The topological polar surface area (TPSA) is 70.0 Å². The van der Waals surface area contributed by atoms with E-state index >= 15 is 0 Å². The number of nitrogens with one attached hydrogen (secondary N) is 1. The quantitative estimate of drug-likeness (QED) is 0.940. The molecule has 0 aliphatic heterocycles. The van der Waals surface area contributed by atoms with Crippen molar-refractivity contribution in [1.82, 2.24) is 0 Å². The fraction of sp³-hybridized carbons (Fsp3) is 0.0714. The van der Waals surface area contributed by atoms with Crippen molar-refractivity contribution in [3.05, 3.63) is 58.4 Å². The van der Waals surface area contributed by atoms with Gasteiger partial charge in [-0.2, -0.15) is 5.26 Å². The summed E-state index contributed by atoms with van der Waals surface area (Å²) in [6.07, 6.45) is 0. The second-order valence-electron chi connectivity index (χ2n) is 4.29. The van der Waals surface area contributed by atoms with Crippen LogP contribution in [-0.4, -0.2) is 8.42 Å². The van der Waals surface area contributed by atoms with Gasteiger partial charge in [-0.25, -0.2) is 12.8 Å². The van der Waals surface area contributed by atoms with Crippen molar-refractivity contribution in [3.63, 3.8) is 0 Å². The van der Waals surface area contributed by atoms with E-state index in [-0.39, 0.29) is 21.2 Å². The van der Waals surface area contributed by atoms with E-state index in [0.29, 0.717) is 5.56 Å². The van der Waals surface area contributed by atoms with E-state index in [2.05, 4.69) is 4.72 Å². The van der Waals surface area contributed by atoms with E-state index in [0.717, 1.165) is 6.07 Å². The molecule has 0 spiro atoms. The predicted molar refractivity (Wildman–Crippen MR) is 78.1 cm³/mol. The van der Waals surface area contributed by atoms with Gasteiger partial charge >= 0.3 is 0 Å². The molecule has 108 valence electrons. The minimum Gasteiger partial charge on any atom is -0.275 e. The van der Waals surface area contributed by atoms with E-state index < -0.39 is 15.8 Å². The maximum Gasteiger partial charge on any atom is 0.262 e. The highest BCUT2D eigenvalue weighted by molar-refractivity contribution is 7.92. The first kappa shape index (κ1) is 15.3. The van der Waals surface area contributed by atoms with Gasteiger partial charge in [0.25, 0.3) is 10.0 Å². The molecule has 0 heterocycles. The molecule has 0 atom stereocenters. The van der Waals surface area contributed by atoms with Crippen LogP contribution in [-0.2, 0) is 10.0 Å². The lowest BCUT2D eigenvalue weighted by atomic mass is 10.2. The molecule has 0 fully saturated rings. The van der Waals surface area contributed by atoms with Gasteiger partial charge in [0.05, 0.1) is 21.6 Å². The van der Waals surface area contributed by atoms with Gasteiger partial charge in [0, 0.05) is 0 Å². The summed E-state index contributed by atoms with van der Waals surface area (Å²) in [5, 5.41) is 8.80. The van der Waals surface area contributed by atoms with E-state index in [1.807, 2.05) is 6.07 Å². The minimum atomic E-state index is -4.05. The fourth-order valence-electron chi connectivity index (χ4n) is 1.74. The monoisotopic (exact) mass is 324 g/mol. The van der Waals surface area contributed by atoms with Crippen LogP contribution in [0.5, 0.6) is 0 Å². The Morgan fingerprint density at radius 1 is 1.29 bits per heavy atom. The Labute approximate surface area is 126 Å². The molecule has 21 heavy (non-hydrogen) atoms. The Kier molecular flexibility index (Phi) is 4.16. The molecule has 0 aromatic heterocycles. The van der Waals surface area contributed by atoms with Crippen LogP contribution in [0.4, 0.5) is 10.1 Å². The summed E-state index contributed by atoms with van der Waals surface area (Å²) in [5.41, 5.74) is 0.315. The number of benzene rings is 2. The molecule has 0 aliphatic rings. The number of rotatable bonds is 3. The normalized spacial score (nSPS) is 11.0. The van der Waals surface area contributed by atoms with Crippen molar-refractivity contribution in [2.75, 3.05) is 4.72 Å². The third-order valence-electron chi connectivity index (χ3n) is 2.81. The van der Waals surface area contributed by atoms with Crippen LogP contribution in [0.1, 0.15) is 11.1 Å². The first-order chi connectivity index (χ1) is 9.85. The lowest BCUT2D eigenvalue weighted by Gasteiger charge is -2.12. The van der Waals surface area contributed by atoms with Gasteiger partial charge < -0.3 is 0 Å². The van der Waals surface area contributed by atoms with Crippen molar-refractivity contribution in [1.29, 1.82) is 5.26 Å². The van der Waals surface area contributed by atoms with Gasteiger partial charge in [0.1, 0.15) is 11.5 Å². The van der Waals surface area contributed by atoms with Crippen molar-refractivity contribution in [3.8, 4) is 6.07 Å². The molecule has 4 nitrogen and oxygen atoms in total. The molecule has 0 unspecified atom stereocenters.